The zero-order chi connectivity index (χ0) is 22.7. The highest BCUT2D eigenvalue weighted by Crippen LogP contribution is 2.29. The van der Waals surface area contributed by atoms with Gasteiger partial charge in [0.2, 0.25) is 0 Å². The number of aromatic nitrogens is 2. The lowest BCUT2D eigenvalue weighted by Gasteiger charge is -2.25. The van der Waals surface area contributed by atoms with E-state index in [0.717, 1.165) is 39.8 Å². The first-order chi connectivity index (χ1) is 15.4. The van der Waals surface area contributed by atoms with E-state index in [0.29, 0.717) is 18.0 Å². The number of hydrogen-bond acceptors (Lipinski definition) is 5. The van der Waals surface area contributed by atoms with Gasteiger partial charge in [0.15, 0.2) is 0 Å². The molecule has 0 saturated carbocycles. The average molecular weight is 445 g/mol. The van der Waals surface area contributed by atoms with Crippen LogP contribution >= 0.6 is 11.3 Å². The number of carbonyl (C=O) groups is 1. The maximum atomic E-state index is 13.3. The molecule has 0 fully saturated rings. The van der Waals surface area contributed by atoms with Gasteiger partial charge in [-0.2, -0.15) is 0 Å². The lowest BCUT2D eigenvalue weighted by Crippen LogP contribution is -2.36. The summed E-state index contributed by atoms with van der Waals surface area (Å²) < 4.78 is 0. The normalized spacial score (nSPS) is 11.3. The second-order valence-corrected chi connectivity index (χ2v) is 9.29. The molecule has 0 atom stereocenters. The van der Waals surface area contributed by atoms with Crippen LogP contribution in [-0.4, -0.2) is 52.9 Å². The second kappa shape index (κ2) is 9.59. The van der Waals surface area contributed by atoms with E-state index < -0.39 is 0 Å². The molecule has 2 aromatic heterocycles. The molecule has 32 heavy (non-hydrogen) atoms. The van der Waals surface area contributed by atoms with E-state index in [1.807, 2.05) is 19.0 Å². The first-order valence-corrected chi connectivity index (χ1v) is 11.6. The summed E-state index contributed by atoms with van der Waals surface area (Å²) >= 11 is 1.38. The summed E-state index contributed by atoms with van der Waals surface area (Å²) in [5.74, 6) is 0.00822. The Morgan fingerprint density at radius 3 is 2.56 bits per heavy atom. The van der Waals surface area contributed by atoms with Crippen molar-refractivity contribution in [3.63, 3.8) is 0 Å². The third kappa shape index (κ3) is 4.87. The Hall–Kier alpha value is -3.09. The fraction of sp³-hybridized carbons (Fsp3) is 0.269. The monoisotopic (exact) mass is 444 g/mol. The van der Waals surface area contributed by atoms with Crippen LogP contribution < -0.4 is 0 Å². The number of para-hydroxylation sites is 1. The number of benzene rings is 2. The molecule has 6 heteroatoms. The Kier molecular flexibility index (Phi) is 6.63. The predicted octanol–water partition coefficient (Wildman–Crippen LogP) is 5.18. The Labute approximate surface area is 193 Å². The predicted molar refractivity (Wildman–Crippen MR) is 132 cm³/mol. The van der Waals surface area contributed by atoms with Crippen LogP contribution in [0.25, 0.3) is 22.2 Å². The number of pyridine rings is 1. The van der Waals surface area contributed by atoms with E-state index in [9.17, 15) is 4.79 Å². The molecular weight excluding hydrogens is 416 g/mol. The Bertz CT molecular complexity index is 1230. The highest BCUT2D eigenvalue weighted by atomic mass is 32.1. The zero-order valence-electron chi connectivity index (χ0n) is 19.0. The van der Waals surface area contributed by atoms with Crippen LogP contribution in [0.15, 0.2) is 60.2 Å². The molecule has 0 aliphatic carbocycles. The molecule has 1 amide bonds. The van der Waals surface area contributed by atoms with Gasteiger partial charge in [0.1, 0.15) is 4.88 Å². The van der Waals surface area contributed by atoms with Crippen LogP contribution in [0.5, 0.6) is 0 Å². The summed E-state index contributed by atoms with van der Waals surface area (Å²) in [6.45, 7) is 6.08. The van der Waals surface area contributed by atoms with Crippen molar-refractivity contribution in [1.29, 1.82) is 0 Å². The Morgan fingerprint density at radius 2 is 1.84 bits per heavy atom. The summed E-state index contributed by atoms with van der Waals surface area (Å²) in [6, 6.07) is 16.8. The van der Waals surface area contributed by atoms with Crippen LogP contribution in [0.3, 0.4) is 0 Å². The standard InChI is InChI=1S/C26H28N4OS/c1-18-7-5-9-20(13-18)25-22(14-21-10-6-8-19(2)24(21)28-25)16-30(12-11-29(3)4)26(31)23-15-27-17-32-23/h5-10,13-15,17H,11-12,16H2,1-4H3. The van der Waals surface area contributed by atoms with E-state index in [2.05, 4.69) is 72.3 Å². The average Bonchev–Trinajstić information content (AvgIpc) is 3.31. The number of nitrogens with zero attached hydrogens (tertiary/aromatic N) is 4. The van der Waals surface area contributed by atoms with Gasteiger partial charge in [0, 0.05) is 30.6 Å². The van der Waals surface area contributed by atoms with E-state index in [4.69, 9.17) is 4.98 Å². The van der Waals surface area contributed by atoms with Crippen molar-refractivity contribution < 1.29 is 4.79 Å². The molecule has 0 aliphatic heterocycles. The number of hydrogen-bond donors (Lipinski definition) is 0. The summed E-state index contributed by atoms with van der Waals surface area (Å²) in [4.78, 5) is 27.2. The largest absolute Gasteiger partial charge is 0.332 e. The third-order valence-electron chi connectivity index (χ3n) is 5.53. The first-order valence-electron chi connectivity index (χ1n) is 10.7. The smallest absolute Gasteiger partial charge is 0.265 e. The Morgan fingerprint density at radius 1 is 1.03 bits per heavy atom. The quantitative estimate of drug-likeness (QED) is 0.394. The molecule has 4 rings (SSSR count). The molecule has 0 unspecified atom stereocenters. The van der Waals surface area contributed by atoms with Gasteiger partial charge in [-0.05, 0) is 51.2 Å². The van der Waals surface area contributed by atoms with Gasteiger partial charge in [0.05, 0.1) is 22.9 Å². The maximum absolute atomic E-state index is 13.3. The SMILES string of the molecule is Cc1cccc(-c2nc3c(C)cccc3cc2CN(CCN(C)C)C(=O)c2cncs2)c1. The van der Waals surface area contributed by atoms with Crippen molar-refractivity contribution in [2.24, 2.45) is 0 Å². The van der Waals surface area contributed by atoms with Gasteiger partial charge in [0.25, 0.3) is 5.91 Å². The van der Waals surface area contributed by atoms with Gasteiger partial charge in [-0.25, -0.2) is 4.98 Å². The molecule has 2 heterocycles. The molecule has 0 radical (unpaired) electrons. The van der Waals surface area contributed by atoms with E-state index in [-0.39, 0.29) is 5.91 Å². The molecule has 0 saturated heterocycles. The van der Waals surface area contributed by atoms with Gasteiger partial charge in [-0.3, -0.25) is 9.78 Å². The highest BCUT2D eigenvalue weighted by molar-refractivity contribution is 7.11. The van der Waals surface area contributed by atoms with Crippen molar-refractivity contribution in [2.75, 3.05) is 27.2 Å². The summed E-state index contributed by atoms with van der Waals surface area (Å²) in [7, 11) is 4.04. The van der Waals surface area contributed by atoms with E-state index >= 15 is 0 Å². The van der Waals surface area contributed by atoms with Crippen molar-refractivity contribution in [1.82, 2.24) is 19.8 Å². The lowest BCUT2D eigenvalue weighted by atomic mass is 10.00. The molecule has 0 N–H and O–H groups in total. The molecule has 5 nitrogen and oxygen atoms in total. The number of thiazole rings is 1. The minimum atomic E-state index is 0.00822. The number of amides is 1. The zero-order valence-corrected chi connectivity index (χ0v) is 19.8. The van der Waals surface area contributed by atoms with Crippen molar-refractivity contribution in [3.8, 4) is 11.3 Å². The minimum Gasteiger partial charge on any atom is -0.332 e. The van der Waals surface area contributed by atoms with E-state index in [1.165, 1.54) is 16.9 Å². The molecular formula is C26H28N4OS. The summed E-state index contributed by atoms with van der Waals surface area (Å²) in [6.07, 6.45) is 1.65. The summed E-state index contributed by atoms with van der Waals surface area (Å²) in [5, 5.41) is 1.09. The fourth-order valence-corrected chi connectivity index (χ4v) is 4.40. The maximum Gasteiger partial charge on any atom is 0.265 e. The van der Waals surface area contributed by atoms with Gasteiger partial charge in [-0.1, -0.05) is 42.0 Å². The number of likely N-dealkylation sites (N-methyl/N-ethyl adjacent to an activating group) is 1. The third-order valence-corrected chi connectivity index (χ3v) is 6.29. The van der Waals surface area contributed by atoms with Crippen LogP contribution in [-0.2, 0) is 6.54 Å². The highest BCUT2D eigenvalue weighted by Gasteiger charge is 2.21. The molecule has 164 valence electrons. The lowest BCUT2D eigenvalue weighted by molar-refractivity contribution is 0.0737. The molecule has 0 aliphatic rings. The van der Waals surface area contributed by atoms with Crippen molar-refractivity contribution in [3.05, 3.63) is 81.8 Å². The second-order valence-electron chi connectivity index (χ2n) is 8.41. The van der Waals surface area contributed by atoms with Crippen molar-refractivity contribution in [2.45, 2.75) is 20.4 Å². The van der Waals surface area contributed by atoms with Crippen LogP contribution in [0, 0.1) is 13.8 Å². The van der Waals surface area contributed by atoms with Crippen LogP contribution in [0.1, 0.15) is 26.4 Å². The molecule has 0 spiro atoms. The number of rotatable bonds is 7. The van der Waals surface area contributed by atoms with Crippen LogP contribution in [0.4, 0.5) is 0 Å². The topological polar surface area (TPSA) is 49.3 Å². The fourth-order valence-electron chi connectivity index (χ4n) is 3.81. The van der Waals surface area contributed by atoms with Gasteiger partial charge < -0.3 is 9.80 Å². The van der Waals surface area contributed by atoms with Crippen molar-refractivity contribution >= 4 is 28.1 Å². The number of fused-ring (bicyclic) bond motifs is 1. The number of carbonyl (C=O) groups excluding carboxylic acids is 1. The first kappa shape index (κ1) is 22.1. The molecule has 0 bridgehead atoms. The summed E-state index contributed by atoms with van der Waals surface area (Å²) in [5.41, 5.74) is 8.09. The van der Waals surface area contributed by atoms with Gasteiger partial charge in [-0.15, -0.1) is 11.3 Å². The molecule has 2 aromatic carbocycles. The number of aryl methyl sites for hydroxylation is 2. The van der Waals surface area contributed by atoms with E-state index in [1.54, 1.807) is 11.7 Å². The van der Waals surface area contributed by atoms with Crippen LogP contribution in [0.2, 0.25) is 0 Å². The van der Waals surface area contributed by atoms with Gasteiger partial charge >= 0.3 is 0 Å². The molecule has 4 aromatic rings. The Balaban J connectivity index is 1.81. The minimum absolute atomic E-state index is 0.00822.